The number of fused-ring (bicyclic) bond motifs is 5. The second-order valence-corrected chi connectivity index (χ2v) is 13.8. The van der Waals surface area contributed by atoms with E-state index in [-0.39, 0.29) is 12.1 Å². The van der Waals surface area contributed by atoms with Gasteiger partial charge in [0.1, 0.15) is 6.10 Å². The maximum absolute atomic E-state index is 12.6. The molecule has 4 aliphatic carbocycles. The number of rotatable bonds is 7. The number of esters is 1. The summed E-state index contributed by atoms with van der Waals surface area (Å²) in [6.45, 7) is 12.5. The van der Waals surface area contributed by atoms with Crippen LogP contribution in [-0.4, -0.2) is 17.1 Å². The van der Waals surface area contributed by atoms with Crippen LogP contribution in [0.1, 0.15) is 116 Å². The summed E-state index contributed by atoms with van der Waals surface area (Å²) in [5.74, 6) is 4.93. The number of hydrogen-bond donors (Lipinski definition) is 0. The first-order valence-electron chi connectivity index (χ1n) is 15.0. The maximum atomic E-state index is 12.6. The van der Waals surface area contributed by atoms with E-state index in [2.05, 4.69) is 45.7 Å². The summed E-state index contributed by atoms with van der Waals surface area (Å²) < 4.78 is 5.96. The van der Waals surface area contributed by atoms with E-state index in [1.807, 2.05) is 0 Å². The molecule has 1 heterocycles. The molecule has 0 bridgehead atoms. The number of pyridine rings is 1. The molecular weight excluding hydrogens is 442 g/mol. The van der Waals surface area contributed by atoms with Crippen LogP contribution in [0, 0.1) is 46.3 Å². The van der Waals surface area contributed by atoms with E-state index in [4.69, 9.17) is 4.74 Å². The summed E-state index contributed by atoms with van der Waals surface area (Å²) in [5, 5.41) is 0. The van der Waals surface area contributed by atoms with E-state index in [9.17, 15) is 4.79 Å². The van der Waals surface area contributed by atoms with Crippen LogP contribution in [0.2, 0.25) is 0 Å². The monoisotopic (exact) mass is 491 g/mol. The quantitative estimate of drug-likeness (QED) is 0.283. The molecule has 8 unspecified atom stereocenters. The molecule has 0 amide bonds. The van der Waals surface area contributed by atoms with Gasteiger partial charge in [0.2, 0.25) is 0 Å². The smallest absolute Gasteiger partial charge is 0.339 e. The highest BCUT2D eigenvalue weighted by molar-refractivity contribution is 5.89. The van der Waals surface area contributed by atoms with Crippen LogP contribution in [0.4, 0.5) is 0 Å². The Labute approximate surface area is 219 Å². The minimum Gasteiger partial charge on any atom is -0.458 e. The zero-order chi connectivity index (χ0) is 25.5. The minimum absolute atomic E-state index is 0.00462. The lowest BCUT2D eigenvalue weighted by molar-refractivity contribution is -0.0594. The Kier molecular flexibility index (Phi) is 7.40. The molecule has 198 valence electrons. The highest BCUT2D eigenvalue weighted by Crippen LogP contribution is 2.67. The van der Waals surface area contributed by atoms with Gasteiger partial charge in [-0.2, -0.15) is 0 Å². The Bertz CT molecular complexity index is 954. The molecule has 36 heavy (non-hydrogen) atoms. The molecule has 4 aliphatic rings. The van der Waals surface area contributed by atoms with Gasteiger partial charge in [-0.25, -0.2) is 4.79 Å². The summed E-state index contributed by atoms with van der Waals surface area (Å²) in [6.07, 6.45) is 20.1. The van der Waals surface area contributed by atoms with Crippen molar-refractivity contribution in [1.29, 1.82) is 0 Å². The van der Waals surface area contributed by atoms with Crippen LogP contribution in [-0.2, 0) is 4.74 Å². The average Bonchev–Trinajstić information content (AvgIpc) is 3.22. The van der Waals surface area contributed by atoms with Gasteiger partial charge in [0.15, 0.2) is 0 Å². The number of aromatic nitrogens is 1. The first-order chi connectivity index (χ1) is 17.2. The van der Waals surface area contributed by atoms with Gasteiger partial charge in [0, 0.05) is 18.8 Å². The molecule has 1 aromatic rings. The Morgan fingerprint density at radius 1 is 1.08 bits per heavy atom. The maximum Gasteiger partial charge on any atom is 0.339 e. The third kappa shape index (κ3) is 4.69. The molecule has 0 saturated heterocycles. The van der Waals surface area contributed by atoms with Crippen molar-refractivity contribution in [2.45, 2.75) is 111 Å². The summed E-state index contributed by atoms with van der Waals surface area (Å²) >= 11 is 0. The first-order valence-corrected chi connectivity index (χ1v) is 15.0. The lowest BCUT2D eigenvalue weighted by Crippen LogP contribution is -2.51. The predicted octanol–water partition coefficient (Wildman–Crippen LogP) is 8.65. The molecule has 0 aromatic carbocycles. The summed E-state index contributed by atoms with van der Waals surface area (Å²) in [7, 11) is 0. The van der Waals surface area contributed by atoms with Crippen molar-refractivity contribution in [3.8, 4) is 0 Å². The fourth-order valence-electron chi connectivity index (χ4n) is 9.46. The minimum atomic E-state index is -0.223. The van der Waals surface area contributed by atoms with Crippen molar-refractivity contribution in [1.82, 2.24) is 4.98 Å². The summed E-state index contributed by atoms with van der Waals surface area (Å²) in [6, 6.07) is 3.60. The third-order valence-electron chi connectivity index (χ3n) is 11.4. The normalized spacial score (nSPS) is 38.5. The summed E-state index contributed by atoms with van der Waals surface area (Å²) in [5.41, 5.74) is 2.97. The van der Waals surface area contributed by atoms with Crippen molar-refractivity contribution in [2.24, 2.45) is 46.3 Å². The Balaban J connectivity index is 1.25. The fourth-order valence-corrected chi connectivity index (χ4v) is 9.46. The molecule has 3 heteroatoms. The molecule has 5 rings (SSSR count). The van der Waals surface area contributed by atoms with Crippen molar-refractivity contribution in [3.05, 3.63) is 41.7 Å². The van der Waals surface area contributed by atoms with Crippen LogP contribution in [0.5, 0.6) is 0 Å². The van der Waals surface area contributed by atoms with Crippen LogP contribution >= 0.6 is 0 Å². The predicted molar refractivity (Wildman–Crippen MR) is 146 cm³/mol. The topological polar surface area (TPSA) is 39.2 Å². The van der Waals surface area contributed by atoms with E-state index in [1.54, 1.807) is 30.1 Å². The van der Waals surface area contributed by atoms with Crippen molar-refractivity contribution < 1.29 is 9.53 Å². The van der Waals surface area contributed by atoms with Crippen molar-refractivity contribution in [3.63, 3.8) is 0 Å². The molecule has 0 spiro atoms. The largest absolute Gasteiger partial charge is 0.458 e. The van der Waals surface area contributed by atoms with E-state index in [1.165, 1.54) is 51.4 Å². The number of carbonyl (C=O) groups is 1. The second-order valence-electron chi connectivity index (χ2n) is 13.8. The zero-order valence-electron chi connectivity index (χ0n) is 23.5. The number of hydrogen-bond acceptors (Lipinski definition) is 3. The molecule has 3 fully saturated rings. The van der Waals surface area contributed by atoms with Crippen molar-refractivity contribution >= 4 is 5.97 Å². The first kappa shape index (κ1) is 26.0. The molecule has 0 N–H and O–H groups in total. The van der Waals surface area contributed by atoms with Crippen LogP contribution in [0.15, 0.2) is 36.2 Å². The van der Waals surface area contributed by atoms with Crippen molar-refractivity contribution in [2.75, 3.05) is 0 Å². The zero-order valence-corrected chi connectivity index (χ0v) is 23.5. The van der Waals surface area contributed by atoms with Gasteiger partial charge in [-0.3, -0.25) is 4.98 Å². The highest BCUT2D eigenvalue weighted by atomic mass is 16.5. The third-order valence-corrected chi connectivity index (χ3v) is 11.4. The van der Waals surface area contributed by atoms with Gasteiger partial charge in [0.05, 0.1) is 5.56 Å². The average molecular weight is 492 g/mol. The SMILES string of the molecule is CC(C)CCCC(C)C1CCC2C3CC=C4CC(OC(=O)c5cccnc5)CCC4(C)C3CCC12C. The lowest BCUT2D eigenvalue weighted by atomic mass is 9.47. The lowest BCUT2D eigenvalue weighted by Gasteiger charge is -2.58. The van der Waals surface area contributed by atoms with Crippen LogP contribution in [0.25, 0.3) is 0 Å². The molecule has 0 radical (unpaired) electrons. The van der Waals surface area contributed by atoms with Gasteiger partial charge >= 0.3 is 5.97 Å². The van der Waals surface area contributed by atoms with Crippen LogP contribution in [0.3, 0.4) is 0 Å². The summed E-state index contributed by atoms with van der Waals surface area (Å²) in [4.78, 5) is 16.7. The molecular formula is C33H49NO2. The van der Waals surface area contributed by atoms with Gasteiger partial charge in [-0.1, -0.05) is 65.5 Å². The van der Waals surface area contributed by atoms with Gasteiger partial charge in [-0.15, -0.1) is 0 Å². The molecule has 8 atom stereocenters. The Morgan fingerprint density at radius 2 is 1.92 bits per heavy atom. The van der Waals surface area contributed by atoms with E-state index in [0.717, 1.165) is 54.8 Å². The number of nitrogens with zero attached hydrogens (tertiary/aromatic N) is 1. The van der Waals surface area contributed by atoms with Gasteiger partial charge in [-0.05, 0) is 103 Å². The van der Waals surface area contributed by atoms with Crippen LogP contribution < -0.4 is 0 Å². The van der Waals surface area contributed by atoms with E-state index >= 15 is 0 Å². The standard InChI is InChI=1S/C33H49NO2/c1-22(2)8-6-9-23(3)28-13-14-29-27-12-11-25-20-26(36-31(35)24-10-7-19-34-21-24)15-17-32(25,4)30(27)16-18-33(28,29)5/h7,10-11,19,21-23,26-30H,6,8-9,12-18,20H2,1-5H3. The number of carbonyl (C=O) groups excluding carboxylic acids is 1. The molecule has 3 nitrogen and oxygen atoms in total. The molecule has 1 aromatic heterocycles. The second kappa shape index (κ2) is 10.3. The fraction of sp³-hybridized carbons (Fsp3) is 0.758. The number of allylic oxidation sites excluding steroid dienone is 1. The Morgan fingerprint density at radius 3 is 2.67 bits per heavy atom. The van der Waals surface area contributed by atoms with E-state index < -0.39 is 0 Å². The van der Waals surface area contributed by atoms with Gasteiger partial charge in [0.25, 0.3) is 0 Å². The van der Waals surface area contributed by atoms with E-state index in [0.29, 0.717) is 16.4 Å². The number of ether oxygens (including phenoxy) is 1. The molecule has 3 saturated carbocycles. The molecule has 0 aliphatic heterocycles. The Hall–Kier alpha value is -1.64. The van der Waals surface area contributed by atoms with Gasteiger partial charge < -0.3 is 4.74 Å². The highest BCUT2D eigenvalue weighted by Gasteiger charge is 2.59.